The Bertz CT molecular complexity index is 536. The van der Waals surface area contributed by atoms with E-state index in [0.717, 1.165) is 25.7 Å². The summed E-state index contributed by atoms with van der Waals surface area (Å²) in [7, 11) is 0. The predicted molar refractivity (Wildman–Crippen MR) is 88.2 cm³/mol. The van der Waals surface area contributed by atoms with Crippen LogP contribution >= 0.6 is 0 Å². The normalized spacial score (nSPS) is 43.0. The van der Waals surface area contributed by atoms with Crippen LogP contribution in [0.4, 0.5) is 0 Å². The van der Waals surface area contributed by atoms with E-state index in [0.29, 0.717) is 18.4 Å². The number of hydrogen-bond donors (Lipinski definition) is 0. The Balaban J connectivity index is 2.07. The lowest BCUT2D eigenvalue weighted by Crippen LogP contribution is -2.66. The number of epoxide rings is 1. The monoisotopic (exact) mass is 338 g/mol. The number of carbonyl (C=O) groups is 2. The Labute approximate surface area is 144 Å². The first-order valence-corrected chi connectivity index (χ1v) is 9.10. The van der Waals surface area contributed by atoms with Crippen LogP contribution in [0.5, 0.6) is 0 Å². The number of fused-ring (bicyclic) bond motifs is 2. The number of hydrogen-bond acceptors (Lipinski definition) is 5. The third kappa shape index (κ3) is 2.47. The molecule has 136 valence electrons. The van der Waals surface area contributed by atoms with Crippen LogP contribution in [0.15, 0.2) is 0 Å². The lowest BCUT2D eigenvalue weighted by Gasteiger charge is -2.62. The molecule has 2 aliphatic carbocycles. The summed E-state index contributed by atoms with van der Waals surface area (Å²) in [6.45, 7) is 10.7. The summed E-state index contributed by atoms with van der Waals surface area (Å²) >= 11 is 0. The standard InChI is InChI=1S/C19H30O5/c1-12-9-16(24-14(3)21)19(11-22-13(2)20)15(17(12,4)5)7-6-8-18(19)10-23-18/h12,15-16H,6-11H2,1-5H3/t12-,15-,16+,18+,19+/m1/s1. The third-order valence-electron chi connectivity index (χ3n) is 7.17. The zero-order valence-corrected chi connectivity index (χ0v) is 15.5. The minimum absolute atomic E-state index is 0.0795. The van der Waals surface area contributed by atoms with Gasteiger partial charge >= 0.3 is 11.9 Å². The molecule has 5 nitrogen and oxygen atoms in total. The molecule has 3 fully saturated rings. The summed E-state index contributed by atoms with van der Waals surface area (Å²) in [6.07, 6.45) is 3.64. The van der Waals surface area contributed by atoms with Crippen molar-refractivity contribution >= 4 is 11.9 Å². The largest absolute Gasteiger partial charge is 0.465 e. The maximum Gasteiger partial charge on any atom is 0.302 e. The molecule has 3 aliphatic rings. The number of rotatable bonds is 3. The van der Waals surface area contributed by atoms with E-state index in [1.54, 1.807) is 0 Å². The molecular formula is C19H30O5. The average Bonchev–Trinajstić information content (AvgIpc) is 3.24. The quantitative estimate of drug-likeness (QED) is 0.584. The number of carbonyl (C=O) groups excluding carboxylic acids is 2. The van der Waals surface area contributed by atoms with Crippen molar-refractivity contribution in [2.45, 2.75) is 72.0 Å². The lowest BCUT2D eigenvalue weighted by atomic mass is 9.44. The highest BCUT2D eigenvalue weighted by Gasteiger charge is 2.74. The molecule has 1 aliphatic heterocycles. The van der Waals surface area contributed by atoms with Crippen LogP contribution < -0.4 is 0 Å². The highest BCUT2D eigenvalue weighted by molar-refractivity contribution is 5.67. The van der Waals surface area contributed by atoms with E-state index >= 15 is 0 Å². The Morgan fingerprint density at radius 1 is 1.21 bits per heavy atom. The Morgan fingerprint density at radius 2 is 1.88 bits per heavy atom. The summed E-state index contributed by atoms with van der Waals surface area (Å²) in [5, 5.41) is 0. The molecule has 1 spiro atoms. The molecule has 1 saturated heterocycles. The molecule has 3 rings (SSSR count). The molecule has 0 unspecified atom stereocenters. The van der Waals surface area contributed by atoms with Crippen molar-refractivity contribution in [3.8, 4) is 0 Å². The predicted octanol–water partition coefficient (Wildman–Crippen LogP) is 3.10. The van der Waals surface area contributed by atoms with Gasteiger partial charge in [-0.1, -0.05) is 27.2 Å². The van der Waals surface area contributed by atoms with Gasteiger partial charge in [-0.15, -0.1) is 0 Å². The van der Waals surface area contributed by atoms with Crippen molar-refractivity contribution in [3.63, 3.8) is 0 Å². The van der Waals surface area contributed by atoms with Gasteiger partial charge in [-0.25, -0.2) is 0 Å². The number of ether oxygens (including phenoxy) is 3. The van der Waals surface area contributed by atoms with E-state index in [2.05, 4.69) is 20.8 Å². The molecule has 0 aromatic rings. The molecule has 0 radical (unpaired) electrons. The fourth-order valence-corrected chi connectivity index (χ4v) is 5.53. The van der Waals surface area contributed by atoms with Gasteiger partial charge in [0.1, 0.15) is 18.3 Å². The van der Waals surface area contributed by atoms with Crippen molar-refractivity contribution in [3.05, 3.63) is 0 Å². The second-order valence-electron chi connectivity index (χ2n) is 8.60. The minimum Gasteiger partial charge on any atom is -0.465 e. The van der Waals surface area contributed by atoms with Crippen LogP contribution in [0.25, 0.3) is 0 Å². The minimum atomic E-state index is -0.432. The Morgan fingerprint density at radius 3 is 2.42 bits per heavy atom. The van der Waals surface area contributed by atoms with Crippen LogP contribution in [0.3, 0.4) is 0 Å². The third-order valence-corrected chi connectivity index (χ3v) is 7.17. The van der Waals surface area contributed by atoms with Gasteiger partial charge in [0.05, 0.1) is 12.0 Å². The van der Waals surface area contributed by atoms with E-state index in [1.807, 2.05) is 0 Å². The van der Waals surface area contributed by atoms with Crippen molar-refractivity contribution in [2.75, 3.05) is 13.2 Å². The van der Waals surface area contributed by atoms with Gasteiger partial charge in [-0.05, 0) is 36.5 Å². The van der Waals surface area contributed by atoms with E-state index in [4.69, 9.17) is 14.2 Å². The molecular weight excluding hydrogens is 308 g/mol. The topological polar surface area (TPSA) is 65.1 Å². The summed E-state index contributed by atoms with van der Waals surface area (Å²) in [5.41, 5.74) is -0.655. The van der Waals surface area contributed by atoms with Gasteiger partial charge in [0.15, 0.2) is 0 Å². The van der Waals surface area contributed by atoms with Gasteiger partial charge in [-0.3, -0.25) is 9.59 Å². The smallest absolute Gasteiger partial charge is 0.302 e. The molecule has 1 heterocycles. The summed E-state index contributed by atoms with van der Waals surface area (Å²) in [6, 6.07) is 0. The lowest BCUT2D eigenvalue weighted by molar-refractivity contribution is -0.224. The van der Waals surface area contributed by atoms with Gasteiger partial charge in [-0.2, -0.15) is 0 Å². The molecule has 0 bridgehead atoms. The Hall–Kier alpha value is -1.10. The van der Waals surface area contributed by atoms with Crippen LogP contribution in [0.1, 0.15) is 60.3 Å². The van der Waals surface area contributed by atoms with Gasteiger partial charge in [0.25, 0.3) is 0 Å². The van der Waals surface area contributed by atoms with Gasteiger partial charge in [0, 0.05) is 13.8 Å². The zero-order valence-electron chi connectivity index (χ0n) is 15.5. The molecule has 0 aromatic heterocycles. The van der Waals surface area contributed by atoms with Crippen LogP contribution in [-0.4, -0.2) is 36.9 Å². The highest BCUT2D eigenvalue weighted by atomic mass is 16.6. The SMILES string of the molecule is CC(=O)OC[C@@]12[C@@H](OC(C)=O)C[C@@H](C)C(C)(C)[C@H]1CCC[C@]21CO1. The summed E-state index contributed by atoms with van der Waals surface area (Å²) < 4.78 is 17.4. The molecule has 5 heteroatoms. The second-order valence-corrected chi connectivity index (χ2v) is 8.60. The zero-order chi connectivity index (χ0) is 17.8. The molecule has 5 atom stereocenters. The highest BCUT2D eigenvalue weighted by Crippen LogP contribution is 2.68. The maximum atomic E-state index is 11.8. The first kappa shape index (κ1) is 17.7. The van der Waals surface area contributed by atoms with E-state index in [9.17, 15) is 9.59 Å². The van der Waals surface area contributed by atoms with Crippen LogP contribution in [0, 0.1) is 22.7 Å². The van der Waals surface area contributed by atoms with Crippen molar-refractivity contribution < 1.29 is 23.8 Å². The molecule has 0 N–H and O–H groups in total. The molecule has 24 heavy (non-hydrogen) atoms. The van der Waals surface area contributed by atoms with E-state index in [1.165, 1.54) is 13.8 Å². The van der Waals surface area contributed by atoms with Crippen molar-refractivity contribution in [2.24, 2.45) is 22.7 Å². The summed E-state index contributed by atoms with van der Waals surface area (Å²) in [5.74, 6) is 0.164. The van der Waals surface area contributed by atoms with Crippen molar-refractivity contribution in [1.82, 2.24) is 0 Å². The molecule has 0 aromatic carbocycles. The van der Waals surface area contributed by atoms with Crippen LogP contribution in [0.2, 0.25) is 0 Å². The van der Waals surface area contributed by atoms with E-state index < -0.39 is 5.41 Å². The fraction of sp³-hybridized carbons (Fsp3) is 0.895. The molecule has 2 saturated carbocycles. The van der Waals surface area contributed by atoms with Gasteiger partial charge in [0.2, 0.25) is 0 Å². The van der Waals surface area contributed by atoms with Crippen molar-refractivity contribution in [1.29, 1.82) is 0 Å². The second kappa shape index (κ2) is 5.72. The Kier molecular flexibility index (Phi) is 4.22. The van der Waals surface area contributed by atoms with E-state index in [-0.39, 0.29) is 35.7 Å². The first-order chi connectivity index (χ1) is 11.2. The fourth-order valence-electron chi connectivity index (χ4n) is 5.53. The van der Waals surface area contributed by atoms with Gasteiger partial charge < -0.3 is 14.2 Å². The number of esters is 2. The first-order valence-electron chi connectivity index (χ1n) is 9.10. The van der Waals surface area contributed by atoms with Crippen LogP contribution in [-0.2, 0) is 23.8 Å². The maximum absolute atomic E-state index is 11.8. The average molecular weight is 338 g/mol. The molecule has 0 amide bonds. The summed E-state index contributed by atoms with van der Waals surface area (Å²) in [4.78, 5) is 23.4.